The Morgan fingerprint density at radius 2 is 2.06 bits per heavy atom. The van der Waals surface area contributed by atoms with Crippen LogP contribution < -0.4 is 11.1 Å². The van der Waals surface area contributed by atoms with Gasteiger partial charge in [-0.25, -0.2) is 0 Å². The average Bonchev–Trinajstić information content (AvgIpc) is 2.17. The lowest BCUT2D eigenvalue weighted by Crippen LogP contribution is -2.46. The van der Waals surface area contributed by atoms with Crippen molar-refractivity contribution in [3.63, 3.8) is 0 Å². The van der Waals surface area contributed by atoms with Crippen molar-refractivity contribution in [2.24, 2.45) is 0 Å². The number of anilines is 1. The predicted molar refractivity (Wildman–Crippen MR) is 69.6 cm³/mol. The first-order valence-corrected chi connectivity index (χ1v) is 6.09. The summed E-state index contributed by atoms with van der Waals surface area (Å²) < 4.78 is 0. The van der Waals surface area contributed by atoms with Crippen LogP contribution in [-0.4, -0.2) is 11.6 Å². The van der Waals surface area contributed by atoms with E-state index in [9.17, 15) is 0 Å². The SMILES string of the molecule is CC(C)(C)NC1CCc2cccc(N)c2C1. The van der Waals surface area contributed by atoms with Gasteiger partial charge in [0.05, 0.1) is 0 Å². The highest BCUT2D eigenvalue weighted by Crippen LogP contribution is 2.26. The van der Waals surface area contributed by atoms with Crippen molar-refractivity contribution >= 4 is 5.69 Å². The molecule has 0 amide bonds. The maximum atomic E-state index is 6.04. The zero-order valence-corrected chi connectivity index (χ0v) is 10.5. The molecule has 1 aliphatic carbocycles. The molecule has 2 nitrogen and oxygen atoms in total. The Hall–Kier alpha value is -1.02. The summed E-state index contributed by atoms with van der Waals surface area (Å²) in [6.45, 7) is 6.66. The van der Waals surface area contributed by atoms with Gasteiger partial charge in [0.1, 0.15) is 0 Å². The minimum atomic E-state index is 0.186. The van der Waals surface area contributed by atoms with Gasteiger partial charge in [0, 0.05) is 17.3 Å². The van der Waals surface area contributed by atoms with Gasteiger partial charge >= 0.3 is 0 Å². The normalized spacial score (nSPS) is 20.6. The van der Waals surface area contributed by atoms with Crippen molar-refractivity contribution in [1.82, 2.24) is 5.32 Å². The summed E-state index contributed by atoms with van der Waals surface area (Å²) in [6.07, 6.45) is 3.43. The molecule has 0 aliphatic heterocycles. The Bertz CT molecular complexity index is 377. The third-order valence-electron chi connectivity index (χ3n) is 3.16. The molecule has 0 saturated heterocycles. The molecule has 0 spiro atoms. The lowest BCUT2D eigenvalue weighted by atomic mass is 9.86. The van der Waals surface area contributed by atoms with Crippen molar-refractivity contribution in [2.45, 2.75) is 51.6 Å². The number of hydrogen-bond acceptors (Lipinski definition) is 2. The molecule has 1 unspecified atom stereocenters. The summed E-state index contributed by atoms with van der Waals surface area (Å²) in [5.41, 5.74) is 9.98. The number of benzene rings is 1. The molecular weight excluding hydrogens is 196 g/mol. The fraction of sp³-hybridized carbons (Fsp3) is 0.571. The van der Waals surface area contributed by atoms with Crippen LogP contribution in [0.3, 0.4) is 0 Å². The van der Waals surface area contributed by atoms with E-state index in [1.807, 2.05) is 6.07 Å². The largest absolute Gasteiger partial charge is 0.398 e. The van der Waals surface area contributed by atoms with E-state index in [4.69, 9.17) is 5.73 Å². The van der Waals surface area contributed by atoms with Crippen LogP contribution >= 0.6 is 0 Å². The Morgan fingerprint density at radius 3 is 2.75 bits per heavy atom. The summed E-state index contributed by atoms with van der Waals surface area (Å²) in [6, 6.07) is 6.85. The van der Waals surface area contributed by atoms with Crippen LogP contribution in [0.2, 0.25) is 0 Å². The Balaban J connectivity index is 2.14. The molecule has 0 heterocycles. The van der Waals surface area contributed by atoms with Crippen LogP contribution in [0.1, 0.15) is 38.3 Å². The standard InChI is InChI=1S/C14H22N2/c1-14(2,3)16-11-8-7-10-5-4-6-13(15)12(10)9-11/h4-6,11,16H,7-9,15H2,1-3H3. The van der Waals surface area contributed by atoms with Crippen LogP contribution in [0.25, 0.3) is 0 Å². The molecule has 0 aromatic heterocycles. The minimum absolute atomic E-state index is 0.186. The quantitative estimate of drug-likeness (QED) is 0.711. The van der Waals surface area contributed by atoms with E-state index in [2.05, 4.69) is 38.2 Å². The van der Waals surface area contributed by atoms with Crippen LogP contribution in [0, 0.1) is 0 Å². The first-order valence-electron chi connectivity index (χ1n) is 6.09. The highest BCUT2D eigenvalue weighted by Gasteiger charge is 2.23. The number of aryl methyl sites for hydroxylation is 1. The molecule has 1 aliphatic rings. The summed E-state index contributed by atoms with van der Waals surface area (Å²) in [7, 11) is 0. The second-order valence-electron chi connectivity index (χ2n) is 5.82. The second kappa shape index (κ2) is 4.10. The Kier molecular flexibility index (Phi) is 2.94. The average molecular weight is 218 g/mol. The highest BCUT2D eigenvalue weighted by atomic mass is 15.0. The third-order valence-corrected chi connectivity index (χ3v) is 3.16. The fourth-order valence-electron chi connectivity index (χ4n) is 2.55. The van der Waals surface area contributed by atoms with Gasteiger partial charge in [-0.2, -0.15) is 0 Å². The van der Waals surface area contributed by atoms with Gasteiger partial charge in [-0.3, -0.25) is 0 Å². The number of rotatable bonds is 1. The molecular formula is C14H22N2. The van der Waals surface area contributed by atoms with Gasteiger partial charge in [0.2, 0.25) is 0 Å². The summed E-state index contributed by atoms with van der Waals surface area (Å²) in [4.78, 5) is 0. The van der Waals surface area contributed by atoms with Gasteiger partial charge in [-0.05, 0) is 57.2 Å². The maximum absolute atomic E-state index is 6.04. The van der Waals surface area contributed by atoms with E-state index in [-0.39, 0.29) is 5.54 Å². The van der Waals surface area contributed by atoms with Crippen molar-refractivity contribution in [3.05, 3.63) is 29.3 Å². The lowest BCUT2D eigenvalue weighted by Gasteiger charge is -2.32. The van der Waals surface area contributed by atoms with E-state index in [0.29, 0.717) is 6.04 Å². The third kappa shape index (κ3) is 2.56. The van der Waals surface area contributed by atoms with Crippen molar-refractivity contribution in [1.29, 1.82) is 0 Å². The molecule has 16 heavy (non-hydrogen) atoms. The summed E-state index contributed by atoms with van der Waals surface area (Å²) in [5.74, 6) is 0. The van der Waals surface area contributed by atoms with E-state index in [0.717, 1.165) is 18.5 Å². The molecule has 0 bridgehead atoms. The number of nitrogen functional groups attached to an aromatic ring is 1. The van der Waals surface area contributed by atoms with E-state index < -0.39 is 0 Å². The molecule has 1 aromatic rings. The molecule has 2 heteroatoms. The number of nitrogens with two attached hydrogens (primary N) is 1. The summed E-state index contributed by atoms with van der Waals surface area (Å²) in [5, 5.41) is 3.67. The molecule has 0 saturated carbocycles. The number of hydrogen-bond donors (Lipinski definition) is 2. The molecule has 2 rings (SSSR count). The summed E-state index contributed by atoms with van der Waals surface area (Å²) >= 11 is 0. The zero-order chi connectivity index (χ0) is 11.8. The highest BCUT2D eigenvalue weighted by molar-refractivity contribution is 5.52. The van der Waals surface area contributed by atoms with Crippen LogP contribution in [0.15, 0.2) is 18.2 Å². The van der Waals surface area contributed by atoms with Gasteiger partial charge in [0.15, 0.2) is 0 Å². The smallest absolute Gasteiger partial charge is 0.0349 e. The van der Waals surface area contributed by atoms with Crippen LogP contribution in [0.5, 0.6) is 0 Å². The first kappa shape index (κ1) is 11.5. The fourth-order valence-corrected chi connectivity index (χ4v) is 2.55. The Labute approximate surface area is 98.2 Å². The van der Waals surface area contributed by atoms with Crippen LogP contribution in [0.4, 0.5) is 5.69 Å². The van der Waals surface area contributed by atoms with Gasteiger partial charge in [-0.1, -0.05) is 12.1 Å². The molecule has 0 fully saturated rings. The van der Waals surface area contributed by atoms with E-state index in [1.54, 1.807) is 0 Å². The lowest BCUT2D eigenvalue weighted by molar-refractivity contribution is 0.336. The molecule has 1 aromatic carbocycles. The van der Waals surface area contributed by atoms with E-state index >= 15 is 0 Å². The van der Waals surface area contributed by atoms with Gasteiger partial charge in [0.25, 0.3) is 0 Å². The maximum Gasteiger partial charge on any atom is 0.0349 e. The van der Waals surface area contributed by atoms with E-state index in [1.165, 1.54) is 17.5 Å². The molecule has 1 atom stereocenters. The molecule has 3 N–H and O–H groups in total. The van der Waals surface area contributed by atoms with Gasteiger partial charge in [-0.15, -0.1) is 0 Å². The first-order chi connectivity index (χ1) is 7.46. The van der Waals surface area contributed by atoms with Gasteiger partial charge < -0.3 is 11.1 Å². The monoisotopic (exact) mass is 218 g/mol. The minimum Gasteiger partial charge on any atom is -0.398 e. The number of fused-ring (bicyclic) bond motifs is 1. The second-order valence-corrected chi connectivity index (χ2v) is 5.82. The van der Waals surface area contributed by atoms with Crippen LogP contribution in [-0.2, 0) is 12.8 Å². The van der Waals surface area contributed by atoms with Crippen molar-refractivity contribution in [3.8, 4) is 0 Å². The predicted octanol–water partition coefficient (Wildman–Crippen LogP) is 2.51. The topological polar surface area (TPSA) is 38.0 Å². The molecule has 0 radical (unpaired) electrons. The Morgan fingerprint density at radius 1 is 1.31 bits per heavy atom. The zero-order valence-electron chi connectivity index (χ0n) is 10.5. The number of nitrogens with one attached hydrogen (secondary N) is 1. The van der Waals surface area contributed by atoms with Crippen molar-refractivity contribution in [2.75, 3.05) is 5.73 Å². The van der Waals surface area contributed by atoms with Crippen molar-refractivity contribution < 1.29 is 0 Å². The molecule has 88 valence electrons.